The molecular weight excluding hydrogens is 297 g/mol. The lowest BCUT2D eigenvalue weighted by Crippen LogP contribution is -2.26. The van der Waals surface area contributed by atoms with Crippen molar-refractivity contribution in [2.24, 2.45) is 0 Å². The summed E-state index contributed by atoms with van der Waals surface area (Å²) in [5, 5.41) is 3.41. The number of hydrogen-bond donors (Lipinski definition) is 1. The van der Waals surface area contributed by atoms with E-state index in [-0.39, 0.29) is 5.82 Å². The molecule has 0 amide bonds. The van der Waals surface area contributed by atoms with Gasteiger partial charge in [0.15, 0.2) is 0 Å². The quantitative estimate of drug-likeness (QED) is 0.900. The first kappa shape index (κ1) is 15.4. The summed E-state index contributed by atoms with van der Waals surface area (Å²) >= 11 is 1.69. The second-order valence-electron chi connectivity index (χ2n) is 5.48. The van der Waals surface area contributed by atoms with Crippen LogP contribution in [0.4, 0.5) is 4.39 Å². The molecule has 1 N–H and O–H groups in total. The van der Waals surface area contributed by atoms with Crippen LogP contribution < -0.4 is 10.1 Å². The molecule has 3 rings (SSSR count). The van der Waals surface area contributed by atoms with Crippen LogP contribution in [0.5, 0.6) is 5.75 Å². The maximum atomic E-state index is 13.1. The van der Waals surface area contributed by atoms with E-state index in [2.05, 4.69) is 17.4 Å². The van der Waals surface area contributed by atoms with Crippen molar-refractivity contribution in [2.45, 2.75) is 28.6 Å². The highest BCUT2D eigenvalue weighted by atomic mass is 32.2. The third-order valence-corrected chi connectivity index (χ3v) is 5.14. The summed E-state index contributed by atoms with van der Waals surface area (Å²) in [6.45, 7) is 2.12. The van der Waals surface area contributed by atoms with Gasteiger partial charge < -0.3 is 10.1 Å². The Morgan fingerprint density at radius 2 is 1.82 bits per heavy atom. The molecule has 0 unspecified atom stereocenters. The van der Waals surface area contributed by atoms with Gasteiger partial charge in [-0.15, -0.1) is 0 Å². The molecule has 0 atom stereocenters. The van der Waals surface area contributed by atoms with E-state index in [9.17, 15) is 4.39 Å². The van der Waals surface area contributed by atoms with Gasteiger partial charge in [0, 0.05) is 9.79 Å². The van der Waals surface area contributed by atoms with Crippen LogP contribution in [0.15, 0.2) is 52.3 Å². The molecule has 2 aromatic carbocycles. The van der Waals surface area contributed by atoms with Crippen LogP contribution in [0.2, 0.25) is 0 Å². The zero-order valence-electron chi connectivity index (χ0n) is 12.6. The summed E-state index contributed by atoms with van der Waals surface area (Å²) in [5.74, 6) is 1.26. The summed E-state index contributed by atoms with van der Waals surface area (Å²) in [5.41, 5.74) is 1.34. The first-order valence-electron chi connectivity index (χ1n) is 7.58. The fourth-order valence-electron chi connectivity index (χ4n) is 2.83. The largest absolute Gasteiger partial charge is 0.497 e. The van der Waals surface area contributed by atoms with Crippen molar-refractivity contribution >= 4 is 11.8 Å². The smallest absolute Gasteiger partial charge is 0.123 e. The van der Waals surface area contributed by atoms with E-state index < -0.39 is 0 Å². The lowest BCUT2D eigenvalue weighted by molar-refractivity contribution is 0.410. The topological polar surface area (TPSA) is 21.3 Å². The van der Waals surface area contributed by atoms with Gasteiger partial charge in [-0.05, 0) is 79.9 Å². The second-order valence-corrected chi connectivity index (χ2v) is 6.60. The van der Waals surface area contributed by atoms with Gasteiger partial charge in [-0.25, -0.2) is 4.39 Å². The fraction of sp³-hybridized carbons (Fsp3) is 0.333. The van der Waals surface area contributed by atoms with Crippen LogP contribution in [0.3, 0.4) is 0 Å². The summed E-state index contributed by atoms with van der Waals surface area (Å²) in [6, 6.07) is 12.9. The fourth-order valence-corrected chi connectivity index (χ4v) is 3.83. The van der Waals surface area contributed by atoms with Crippen LogP contribution in [0.1, 0.15) is 24.3 Å². The molecule has 1 fully saturated rings. The first-order valence-corrected chi connectivity index (χ1v) is 8.40. The standard InChI is InChI=1S/C18H20FNOS/c1-21-15-4-7-18(22-16-5-2-14(19)3-6-16)17(12-15)13-8-10-20-11-9-13/h2-7,12-13,20H,8-11H2,1H3. The van der Waals surface area contributed by atoms with E-state index in [0.717, 1.165) is 36.6 Å². The van der Waals surface area contributed by atoms with Crippen LogP contribution >= 0.6 is 11.8 Å². The number of nitrogens with one attached hydrogen (secondary N) is 1. The third-order valence-electron chi connectivity index (χ3n) is 4.04. The van der Waals surface area contributed by atoms with Crippen molar-refractivity contribution < 1.29 is 9.13 Å². The Bertz CT molecular complexity index is 623. The van der Waals surface area contributed by atoms with Crippen molar-refractivity contribution in [1.29, 1.82) is 0 Å². The molecule has 1 heterocycles. The SMILES string of the molecule is COc1ccc(Sc2ccc(F)cc2)c(C2CCNCC2)c1. The summed E-state index contributed by atoms with van der Waals surface area (Å²) in [4.78, 5) is 2.29. The van der Waals surface area contributed by atoms with E-state index in [0.29, 0.717) is 5.92 Å². The zero-order valence-corrected chi connectivity index (χ0v) is 13.5. The summed E-state index contributed by atoms with van der Waals surface area (Å²) in [6.07, 6.45) is 2.29. The lowest BCUT2D eigenvalue weighted by Gasteiger charge is -2.25. The van der Waals surface area contributed by atoms with Crippen LogP contribution in [0.25, 0.3) is 0 Å². The van der Waals surface area contributed by atoms with Crippen molar-refractivity contribution in [2.75, 3.05) is 20.2 Å². The maximum Gasteiger partial charge on any atom is 0.123 e. The molecule has 2 nitrogen and oxygen atoms in total. The van der Waals surface area contributed by atoms with Gasteiger partial charge in [0.2, 0.25) is 0 Å². The molecule has 1 aliphatic heterocycles. The van der Waals surface area contributed by atoms with Gasteiger partial charge in [0.05, 0.1) is 7.11 Å². The molecule has 0 saturated carbocycles. The Labute approximate surface area is 135 Å². The van der Waals surface area contributed by atoms with Crippen molar-refractivity contribution in [1.82, 2.24) is 5.32 Å². The average molecular weight is 317 g/mol. The maximum absolute atomic E-state index is 13.1. The number of hydrogen-bond acceptors (Lipinski definition) is 3. The predicted octanol–water partition coefficient (Wildman–Crippen LogP) is 4.45. The molecule has 0 bridgehead atoms. The molecule has 1 saturated heterocycles. The van der Waals surface area contributed by atoms with E-state index in [1.54, 1.807) is 18.9 Å². The first-order chi connectivity index (χ1) is 10.8. The molecule has 0 aromatic heterocycles. The lowest BCUT2D eigenvalue weighted by atomic mass is 9.90. The van der Waals surface area contributed by atoms with Gasteiger partial charge in [-0.3, -0.25) is 0 Å². The molecule has 2 aromatic rings. The van der Waals surface area contributed by atoms with E-state index in [1.165, 1.54) is 22.6 Å². The Balaban J connectivity index is 1.89. The van der Waals surface area contributed by atoms with Crippen molar-refractivity contribution in [3.63, 3.8) is 0 Å². The van der Waals surface area contributed by atoms with Gasteiger partial charge in [0.1, 0.15) is 11.6 Å². The minimum atomic E-state index is -0.197. The second kappa shape index (κ2) is 7.16. The third kappa shape index (κ3) is 3.62. The van der Waals surface area contributed by atoms with Crippen molar-refractivity contribution in [3.05, 3.63) is 53.8 Å². The van der Waals surface area contributed by atoms with Crippen molar-refractivity contribution in [3.8, 4) is 5.75 Å². The molecular formula is C18H20FNOS. The molecule has 116 valence electrons. The predicted molar refractivity (Wildman–Crippen MR) is 88.4 cm³/mol. The number of methoxy groups -OCH3 is 1. The number of benzene rings is 2. The van der Waals surface area contributed by atoms with Gasteiger partial charge in [-0.2, -0.15) is 0 Å². The highest BCUT2D eigenvalue weighted by Crippen LogP contribution is 2.39. The molecule has 0 radical (unpaired) electrons. The Hall–Kier alpha value is -1.52. The molecule has 1 aliphatic rings. The minimum Gasteiger partial charge on any atom is -0.497 e. The van der Waals surface area contributed by atoms with Crippen LogP contribution in [-0.4, -0.2) is 20.2 Å². The molecule has 0 aliphatic carbocycles. The van der Waals surface area contributed by atoms with E-state index >= 15 is 0 Å². The molecule has 22 heavy (non-hydrogen) atoms. The van der Waals surface area contributed by atoms with Crippen LogP contribution in [0, 0.1) is 5.82 Å². The Morgan fingerprint density at radius 1 is 1.09 bits per heavy atom. The number of ether oxygens (including phenoxy) is 1. The zero-order chi connectivity index (χ0) is 15.4. The summed E-state index contributed by atoms with van der Waals surface area (Å²) in [7, 11) is 1.70. The van der Waals surface area contributed by atoms with Gasteiger partial charge in [0.25, 0.3) is 0 Å². The Kier molecular flexibility index (Phi) is 5.01. The average Bonchev–Trinajstić information content (AvgIpc) is 2.58. The number of piperidine rings is 1. The van der Waals surface area contributed by atoms with Gasteiger partial charge in [-0.1, -0.05) is 11.8 Å². The summed E-state index contributed by atoms with van der Waals surface area (Å²) < 4.78 is 18.5. The van der Waals surface area contributed by atoms with E-state index in [4.69, 9.17) is 4.74 Å². The Morgan fingerprint density at radius 3 is 2.50 bits per heavy atom. The van der Waals surface area contributed by atoms with E-state index in [1.807, 2.05) is 18.2 Å². The molecule has 0 spiro atoms. The van der Waals surface area contributed by atoms with Gasteiger partial charge >= 0.3 is 0 Å². The highest BCUT2D eigenvalue weighted by Gasteiger charge is 2.19. The molecule has 4 heteroatoms. The highest BCUT2D eigenvalue weighted by molar-refractivity contribution is 7.99. The number of rotatable bonds is 4. The van der Waals surface area contributed by atoms with Crippen LogP contribution in [-0.2, 0) is 0 Å². The normalized spacial score (nSPS) is 15.7. The monoisotopic (exact) mass is 317 g/mol. The number of halogens is 1. The minimum absolute atomic E-state index is 0.197.